The molecule has 0 rings (SSSR count). The molecule has 0 saturated carbocycles. The van der Waals surface area contributed by atoms with Crippen LogP contribution in [-0.4, -0.2) is 96.7 Å². The van der Waals surface area contributed by atoms with Crippen LogP contribution in [0.1, 0.15) is 382 Å². The van der Waals surface area contributed by atoms with Crippen molar-refractivity contribution in [1.29, 1.82) is 0 Å². The average Bonchev–Trinajstić information content (AvgIpc) is 3.72. The molecule has 0 spiro atoms. The number of aliphatic hydroxyl groups is 1. The molecule has 0 saturated heterocycles. The summed E-state index contributed by atoms with van der Waals surface area (Å²) in [5, 5.41) is 10.6. The topological polar surface area (TPSA) is 237 Å². The second-order valence-electron chi connectivity index (χ2n) is 27.2. The Kier molecular flexibility index (Phi) is 64.6. The Bertz CT molecular complexity index is 1810. The van der Waals surface area contributed by atoms with Crippen LogP contribution in [0, 0.1) is 11.8 Å². The molecule has 0 amide bonds. The molecule has 7 atom stereocenters. The van der Waals surface area contributed by atoms with E-state index in [0.717, 1.165) is 102 Å². The van der Waals surface area contributed by atoms with Crippen molar-refractivity contribution in [3.05, 3.63) is 0 Å². The first-order valence-corrected chi connectivity index (χ1v) is 41.6. The number of phosphoric acid groups is 2. The van der Waals surface area contributed by atoms with Crippen molar-refractivity contribution in [2.75, 3.05) is 39.6 Å². The number of hydrogen-bond donors (Lipinski definition) is 3. The van der Waals surface area contributed by atoms with Crippen LogP contribution in [-0.2, 0) is 65.4 Å². The molecule has 0 aliphatic rings. The van der Waals surface area contributed by atoms with E-state index in [1.807, 2.05) is 0 Å². The van der Waals surface area contributed by atoms with Gasteiger partial charge in [-0.15, -0.1) is 0 Å². The van der Waals surface area contributed by atoms with Crippen molar-refractivity contribution in [3.63, 3.8) is 0 Å². The van der Waals surface area contributed by atoms with Gasteiger partial charge in [-0.3, -0.25) is 37.3 Å². The maximum atomic E-state index is 13.1. The lowest BCUT2D eigenvalue weighted by molar-refractivity contribution is -0.161. The van der Waals surface area contributed by atoms with E-state index in [2.05, 4.69) is 41.5 Å². The minimum Gasteiger partial charge on any atom is -0.462 e. The summed E-state index contributed by atoms with van der Waals surface area (Å²) in [6, 6.07) is 0. The van der Waals surface area contributed by atoms with Crippen LogP contribution in [0.3, 0.4) is 0 Å². The summed E-state index contributed by atoms with van der Waals surface area (Å²) in [5.41, 5.74) is 0. The van der Waals surface area contributed by atoms with E-state index in [0.29, 0.717) is 25.7 Å². The quantitative estimate of drug-likeness (QED) is 0.0222. The molecule has 17 nitrogen and oxygen atoms in total. The van der Waals surface area contributed by atoms with Gasteiger partial charge in [0, 0.05) is 25.7 Å². The van der Waals surface area contributed by atoms with Crippen LogP contribution in [0.15, 0.2) is 0 Å². The number of aliphatic hydroxyl groups excluding tert-OH is 1. The predicted octanol–water partition coefficient (Wildman–Crippen LogP) is 21.6. The molecule has 0 aromatic heterocycles. The van der Waals surface area contributed by atoms with Crippen molar-refractivity contribution in [2.45, 2.75) is 400 Å². The molecule has 0 aliphatic carbocycles. The van der Waals surface area contributed by atoms with E-state index in [4.69, 9.17) is 37.0 Å². The molecule has 552 valence electrons. The van der Waals surface area contributed by atoms with Gasteiger partial charge < -0.3 is 33.8 Å². The lowest BCUT2D eigenvalue weighted by atomic mass is 9.99. The monoisotopic (exact) mass is 1370 g/mol. The summed E-state index contributed by atoms with van der Waals surface area (Å²) in [4.78, 5) is 72.7. The molecule has 19 heteroatoms. The minimum absolute atomic E-state index is 0.105. The Hall–Kier alpha value is -1.94. The summed E-state index contributed by atoms with van der Waals surface area (Å²) in [6.07, 6.45) is 52.5. The fourth-order valence-electron chi connectivity index (χ4n) is 11.2. The molecule has 0 aromatic rings. The van der Waals surface area contributed by atoms with Crippen LogP contribution in [0.2, 0.25) is 0 Å². The average molecular weight is 1370 g/mol. The summed E-state index contributed by atoms with van der Waals surface area (Å²) in [6.45, 7) is 9.58. The molecule has 93 heavy (non-hydrogen) atoms. The van der Waals surface area contributed by atoms with Gasteiger partial charge in [0.15, 0.2) is 12.2 Å². The SMILES string of the molecule is CCCCCCCCCCCCCCCCCCCC(=O)O[C@H](COC(=O)CCCCCCCCCCC(C)CC)COP(=O)(O)OC[C@@H](O)COP(=O)(O)OC[C@@H](COC(=O)CCCCCCCCCCCCCC)OC(=O)CCCCCCCCCCC(C)CC. The predicted molar refractivity (Wildman–Crippen MR) is 377 cm³/mol. The van der Waals surface area contributed by atoms with E-state index in [-0.39, 0.29) is 25.7 Å². The second-order valence-corrected chi connectivity index (χ2v) is 30.1. The second kappa shape index (κ2) is 66.0. The van der Waals surface area contributed by atoms with Gasteiger partial charge in [0.1, 0.15) is 19.3 Å². The number of rotatable bonds is 73. The zero-order valence-corrected chi connectivity index (χ0v) is 62.3. The summed E-state index contributed by atoms with van der Waals surface area (Å²) in [7, 11) is -9.91. The summed E-state index contributed by atoms with van der Waals surface area (Å²) in [5.74, 6) is -0.571. The van der Waals surface area contributed by atoms with Crippen LogP contribution in [0.25, 0.3) is 0 Å². The third-order valence-electron chi connectivity index (χ3n) is 17.9. The van der Waals surface area contributed by atoms with Gasteiger partial charge in [-0.2, -0.15) is 0 Å². The number of carbonyl (C=O) groups is 4. The highest BCUT2D eigenvalue weighted by atomic mass is 31.2. The van der Waals surface area contributed by atoms with E-state index >= 15 is 0 Å². The van der Waals surface area contributed by atoms with Gasteiger partial charge in [-0.05, 0) is 37.5 Å². The highest BCUT2D eigenvalue weighted by molar-refractivity contribution is 7.47. The fourth-order valence-corrected chi connectivity index (χ4v) is 12.8. The number of phosphoric ester groups is 2. The number of ether oxygens (including phenoxy) is 4. The molecule has 0 heterocycles. The standard InChI is InChI=1S/C74H144O17P2/c1-7-11-13-15-17-19-21-23-24-25-26-27-29-31-40-46-52-58-73(78)90-69(63-85-72(77)57-51-45-39-34-32-36-42-48-54-66(5)9-3)64-88-92(80,81)86-60-68(75)61-87-93(82,83)89-65-70(91-74(79)59-53-47-41-35-33-37-43-49-55-67(6)10-4)62-84-71(76)56-50-44-38-30-28-22-20-18-16-14-12-8-2/h66-70,75H,7-65H2,1-6H3,(H,80,81)(H,82,83)/t66?,67?,68-,69-,70-/m1/s1. The van der Waals surface area contributed by atoms with Gasteiger partial charge in [0.25, 0.3) is 0 Å². The third-order valence-corrected chi connectivity index (χ3v) is 19.8. The molecule has 0 aliphatic heterocycles. The van der Waals surface area contributed by atoms with Gasteiger partial charge >= 0.3 is 39.5 Å². The Morgan fingerprint density at radius 1 is 0.301 bits per heavy atom. The lowest BCUT2D eigenvalue weighted by Gasteiger charge is -2.21. The van der Waals surface area contributed by atoms with Gasteiger partial charge in [-0.25, -0.2) is 9.13 Å². The van der Waals surface area contributed by atoms with Crippen LogP contribution in [0.4, 0.5) is 0 Å². The van der Waals surface area contributed by atoms with E-state index < -0.39 is 97.5 Å². The first kappa shape index (κ1) is 91.1. The van der Waals surface area contributed by atoms with E-state index in [1.165, 1.54) is 199 Å². The lowest BCUT2D eigenvalue weighted by Crippen LogP contribution is -2.30. The number of esters is 4. The maximum absolute atomic E-state index is 13.1. The molecule has 0 fully saturated rings. The van der Waals surface area contributed by atoms with E-state index in [9.17, 15) is 43.2 Å². The minimum atomic E-state index is -4.96. The third kappa shape index (κ3) is 65.8. The zero-order chi connectivity index (χ0) is 68.6. The van der Waals surface area contributed by atoms with Crippen molar-refractivity contribution in [3.8, 4) is 0 Å². The van der Waals surface area contributed by atoms with Crippen molar-refractivity contribution < 1.29 is 80.2 Å². The largest absolute Gasteiger partial charge is 0.472 e. The number of hydrogen-bond acceptors (Lipinski definition) is 15. The van der Waals surface area contributed by atoms with Crippen molar-refractivity contribution in [2.24, 2.45) is 11.8 Å². The summed E-state index contributed by atoms with van der Waals surface area (Å²) >= 11 is 0. The van der Waals surface area contributed by atoms with Crippen molar-refractivity contribution >= 4 is 39.5 Å². The highest BCUT2D eigenvalue weighted by Gasteiger charge is 2.30. The number of carbonyl (C=O) groups excluding carboxylic acids is 4. The highest BCUT2D eigenvalue weighted by Crippen LogP contribution is 2.45. The smallest absolute Gasteiger partial charge is 0.462 e. The Balaban J connectivity index is 5.26. The van der Waals surface area contributed by atoms with Crippen LogP contribution >= 0.6 is 15.6 Å². The summed E-state index contributed by atoms with van der Waals surface area (Å²) < 4.78 is 68.5. The zero-order valence-electron chi connectivity index (χ0n) is 60.6. The van der Waals surface area contributed by atoms with Crippen molar-refractivity contribution in [1.82, 2.24) is 0 Å². The first-order valence-electron chi connectivity index (χ1n) is 38.6. The van der Waals surface area contributed by atoms with Crippen LogP contribution in [0.5, 0.6) is 0 Å². The molecular formula is C74H144O17P2. The van der Waals surface area contributed by atoms with Gasteiger partial charge in [-0.1, -0.05) is 330 Å². The first-order chi connectivity index (χ1) is 44.9. The molecule has 0 bridgehead atoms. The molecule has 0 aromatic carbocycles. The normalized spacial score (nSPS) is 14.6. The Morgan fingerprint density at radius 3 is 0.763 bits per heavy atom. The maximum Gasteiger partial charge on any atom is 0.472 e. The van der Waals surface area contributed by atoms with Crippen LogP contribution < -0.4 is 0 Å². The molecule has 0 radical (unpaired) electrons. The van der Waals surface area contributed by atoms with E-state index in [1.54, 1.807) is 0 Å². The Labute approximate surface area is 568 Å². The van der Waals surface area contributed by atoms with Gasteiger partial charge in [0.2, 0.25) is 0 Å². The molecule has 4 unspecified atom stereocenters. The van der Waals surface area contributed by atoms with Gasteiger partial charge in [0.05, 0.1) is 26.4 Å². The number of unbranched alkanes of at least 4 members (excludes halogenated alkanes) is 41. The molecule has 3 N–H and O–H groups in total. The fraction of sp³-hybridized carbons (Fsp3) is 0.946. The molecular weight excluding hydrogens is 1220 g/mol. The Morgan fingerprint density at radius 2 is 0.516 bits per heavy atom.